The lowest BCUT2D eigenvalue weighted by atomic mass is 10.0. The first kappa shape index (κ1) is 11.3. The van der Waals surface area contributed by atoms with E-state index < -0.39 is 0 Å². The highest BCUT2D eigenvalue weighted by Crippen LogP contribution is 2.12. The third-order valence-corrected chi connectivity index (χ3v) is 2.56. The van der Waals surface area contributed by atoms with E-state index in [1.54, 1.807) is 36.4 Å². The van der Waals surface area contributed by atoms with Crippen molar-refractivity contribution in [3.8, 4) is 0 Å². The topological polar surface area (TPSA) is 46.2 Å². The molecule has 0 saturated heterocycles. The normalized spacial score (nSPS) is 15.0. The lowest BCUT2D eigenvalue weighted by Crippen LogP contribution is -2.27. The number of hydrogen-bond acceptors (Lipinski definition) is 2. The number of benzene rings is 1. The van der Waals surface area contributed by atoms with E-state index in [1.807, 2.05) is 13.0 Å². The van der Waals surface area contributed by atoms with Gasteiger partial charge in [0.25, 0.3) is 5.91 Å². The maximum absolute atomic E-state index is 11.8. The summed E-state index contributed by atoms with van der Waals surface area (Å²) >= 11 is 0. The largest absolute Gasteiger partial charge is 0.319 e. The van der Waals surface area contributed by atoms with E-state index in [4.69, 9.17) is 0 Å². The van der Waals surface area contributed by atoms with Gasteiger partial charge in [0.05, 0.1) is 5.70 Å². The first-order valence-electron chi connectivity index (χ1n) is 5.45. The Bertz CT molecular complexity index is 512. The Morgan fingerprint density at radius 2 is 1.94 bits per heavy atom. The van der Waals surface area contributed by atoms with Crippen molar-refractivity contribution < 1.29 is 9.59 Å². The molecule has 1 amide bonds. The zero-order valence-corrected chi connectivity index (χ0v) is 9.57. The lowest BCUT2D eigenvalue weighted by Gasteiger charge is -2.11. The van der Waals surface area contributed by atoms with Gasteiger partial charge in [-0.05, 0) is 31.6 Å². The zero-order valence-electron chi connectivity index (χ0n) is 9.57. The molecule has 2 rings (SSSR count). The molecular formula is C14H13NO2. The molecule has 1 N–H and O–H groups in total. The summed E-state index contributed by atoms with van der Waals surface area (Å²) in [5.41, 5.74) is 1.92. The predicted octanol–water partition coefficient (Wildman–Crippen LogP) is 2.22. The summed E-state index contributed by atoms with van der Waals surface area (Å²) in [6, 6.07) is 8.84. The molecule has 1 aromatic rings. The van der Waals surface area contributed by atoms with Gasteiger partial charge >= 0.3 is 0 Å². The molecule has 0 spiro atoms. The van der Waals surface area contributed by atoms with Gasteiger partial charge in [0.1, 0.15) is 0 Å². The van der Waals surface area contributed by atoms with Crippen molar-refractivity contribution in [2.24, 2.45) is 0 Å². The number of nitrogens with one attached hydrogen (secondary N) is 1. The van der Waals surface area contributed by atoms with Gasteiger partial charge in [-0.3, -0.25) is 9.59 Å². The molecule has 0 unspecified atom stereocenters. The van der Waals surface area contributed by atoms with E-state index >= 15 is 0 Å². The predicted molar refractivity (Wildman–Crippen MR) is 65.4 cm³/mol. The average molecular weight is 227 g/mol. The molecule has 86 valence electrons. The first-order chi connectivity index (χ1) is 8.16. The van der Waals surface area contributed by atoms with Gasteiger partial charge in [-0.25, -0.2) is 0 Å². The van der Waals surface area contributed by atoms with Crippen molar-refractivity contribution in [2.45, 2.75) is 13.3 Å². The van der Waals surface area contributed by atoms with Crippen LogP contribution in [0.3, 0.4) is 0 Å². The average Bonchev–Trinajstić information content (AvgIpc) is 2.34. The highest BCUT2D eigenvalue weighted by atomic mass is 16.2. The van der Waals surface area contributed by atoms with Crippen LogP contribution in [0.25, 0.3) is 0 Å². The monoisotopic (exact) mass is 227 g/mol. The summed E-state index contributed by atoms with van der Waals surface area (Å²) in [6.07, 6.45) is 4.01. The van der Waals surface area contributed by atoms with E-state index in [0.717, 1.165) is 5.57 Å². The summed E-state index contributed by atoms with van der Waals surface area (Å²) in [5.74, 6) is -0.392. The van der Waals surface area contributed by atoms with Crippen LogP contribution in [-0.2, 0) is 4.79 Å². The van der Waals surface area contributed by atoms with E-state index in [0.29, 0.717) is 17.7 Å². The van der Waals surface area contributed by atoms with E-state index in [1.165, 1.54) is 0 Å². The molecule has 3 heteroatoms. The number of carbonyl (C=O) groups is 2. The van der Waals surface area contributed by atoms with Crippen molar-refractivity contribution in [3.05, 3.63) is 59.3 Å². The Labute approximate surface area is 99.8 Å². The second-order valence-corrected chi connectivity index (χ2v) is 4.00. The van der Waals surface area contributed by atoms with Gasteiger partial charge < -0.3 is 5.32 Å². The first-order valence-corrected chi connectivity index (χ1v) is 5.45. The van der Waals surface area contributed by atoms with E-state index in [-0.39, 0.29) is 11.7 Å². The molecule has 3 nitrogen and oxygen atoms in total. The van der Waals surface area contributed by atoms with Crippen molar-refractivity contribution in [2.75, 3.05) is 0 Å². The van der Waals surface area contributed by atoms with Gasteiger partial charge in [0, 0.05) is 5.56 Å². The summed E-state index contributed by atoms with van der Waals surface area (Å²) in [4.78, 5) is 23.4. The second kappa shape index (κ2) is 4.78. The SMILES string of the molecule is CC1=CC(=O)C(NC(=O)c2ccccc2)=CC1. The van der Waals surface area contributed by atoms with Crippen LogP contribution in [0.15, 0.2) is 53.8 Å². The molecular weight excluding hydrogens is 214 g/mol. The molecule has 0 heterocycles. The number of rotatable bonds is 2. The number of amides is 1. The van der Waals surface area contributed by atoms with Gasteiger partial charge in [0.15, 0.2) is 0 Å². The van der Waals surface area contributed by atoms with Crippen LogP contribution >= 0.6 is 0 Å². The van der Waals surface area contributed by atoms with Gasteiger partial charge in [0.2, 0.25) is 5.78 Å². The van der Waals surface area contributed by atoms with Crippen LogP contribution < -0.4 is 5.32 Å². The highest BCUT2D eigenvalue weighted by molar-refractivity contribution is 6.09. The van der Waals surface area contributed by atoms with Crippen molar-refractivity contribution in [1.82, 2.24) is 5.32 Å². The maximum Gasteiger partial charge on any atom is 0.255 e. The summed E-state index contributed by atoms with van der Waals surface area (Å²) < 4.78 is 0. The molecule has 1 aliphatic rings. The van der Waals surface area contributed by atoms with Gasteiger partial charge in [-0.15, -0.1) is 0 Å². The van der Waals surface area contributed by atoms with Crippen LogP contribution in [0.4, 0.5) is 0 Å². The van der Waals surface area contributed by atoms with Crippen LogP contribution in [0.1, 0.15) is 23.7 Å². The molecule has 0 fully saturated rings. The fourth-order valence-electron chi connectivity index (χ4n) is 1.62. The van der Waals surface area contributed by atoms with Crippen LogP contribution in [-0.4, -0.2) is 11.7 Å². The quantitative estimate of drug-likeness (QED) is 0.842. The minimum Gasteiger partial charge on any atom is -0.319 e. The zero-order chi connectivity index (χ0) is 12.3. The molecule has 0 atom stereocenters. The molecule has 0 aromatic heterocycles. The number of hydrogen-bond donors (Lipinski definition) is 1. The molecule has 1 aromatic carbocycles. The Hall–Kier alpha value is -2.16. The Morgan fingerprint density at radius 1 is 1.24 bits per heavy atom. The maximum atomic E-state index is 11.8. The van der Waals surface area contributed by atoms with E-state index in [2.05, 4.69) is 5.32 Å². The third-order valence-electron chi connectivity index (χ3n) is 2.56. The fraction of sp³-hybridized carbons (Fsp3) is 0.143. The molecule has 0 radical (unpaired) electrons. The minimum absolute atomic E-state index is 0.141. The number of allylic oxidation sites excluding steroid dienone is 3. The fourth-order valence-corrected chi connectivity index (χ4v) is 1.62. The second-order valence-electron chi connectivity index (χ2n) is 4.00. The number of ketones is 1. The highest BCUT2D eigenvalue weighted by Gasteiger charge is 2.15. The Balaban J connectivity index is 2.09. The lowest BCUT2D eigenvalue weighted by molar-refractivity contribution is -0.111. The van der Waals surface area contributed by atoms with Crippen molar-refractivity contribution >= 4 is 11.7 Å². The third kappa shape index (κ3) is 2.69. The van der Waals surface area contributed by atoms with Crippen molar-refractivity contribution in [1.29, 1.82) is 0 Å². The summed E-state index contributed by atoms with van der Waals surface area (Å²) in [5, 5.41) is 2.63. The van der Waals surface area contributed by atoms with Gasteiger partial charge in [-0.2, -0.15) is 0 Å². The minimum atomic E-state index is -0.252. The van der Waals surface area contributed by atoms with Crippen molar-refractivity contribution in [3.63, 3.8) is 0 Å². The summed E-state index contributed by atoms with van der Waals surface area (Å²) in [7, 11) is 0. The van der Waals surface area contributed by atoms with Crippen LogP contribution in [0, 0.1) is 0 Å². The Morgan fingerprint density at radius 3 is 2.59 bits per heavy atom. The molecule has 0 bridgehead atoms. The van der Waals surface area contributed by atoms with Crippen LogP contribution in [0.5, 0.6) is 0 Å². The smallest absolute Gasteiger partial charge is 0.255 e. The number of carbonyl (C=O) groups excluding carboxylic acids is 2. The Kier molecular flexibility index (Phi) is 3.19. The molecule has 17 heavy (non-hydrogen) atoms. The summed E-state index contributed by atoms with van der Waals surface area (Å²) in [6.45, 7) is 1.89. The molecule has 0 saturated carbocycles. The standard InChI is InChI=1S/C14H13NO2/c1-10-7-8-12(13(16)9-10)15-14(17)11-5-3-2-4-6-11/h2-6,8-9H,7H2,1H3,(H,15,17). The molecule has 1 aliphatic carbocycles. The van der Waals surface area contributed by atoms with E-state index in [9.17, 15) is 9.59 Å². The van der Waals surface area contributed by atoms with Gasteiger partial charge in [-0.1, -0.05) is 29.8 Å². The molecule has 0 aliphatic heterocycles. The van der Waals surface area contributed by atoms with Crippen LogP contribution in [0.2, 0.25) is 0 Å².